The molecule has 0 unspecified atom stereocenters. The van der Waals surface area contributed by atoms with E-state index in [1.165, 1.54) is 0 Å². The Balaban J connectivity index is 2.60. The van der Waals surface area contributed by atoms with Gasteiger partial charge in [-0.3, -0.25) is 4.79 Å². The highest BCUT2D eigenvalue weighted by Gasteiger charge is 2.18. The summed E-state index contributed by atoms with van der Waals surface area (Å²) in [6, 6.07) is 5.60. The Morgan fingerprint density at radius 3 is 3.08 bits per heavy atom. The molecule has 1 aromatic rings. The van der Waals surface area contributed by atoms with Crippen LogP contribution in [0.3, 0.4) is 0 Å². The SMILES string of the molecule is C#Cc1cccc2c1NC(=O)C2. The molecule has 0 saturated heterocycles. The van der Waals surface area contributed by atoms with Gasteiger partial charge in [-0.15, -0.1) is 6.42 Å². The van der Waals surface area contributed by atoms with Crippen LogP contribution in [-0.4, -0.2) is 5.91 Å². The normalized spacial score (nSPS) is 13.4. The third-order valence-corrected chi connectivity index (χ3v) is 1.92. The molecule has 0 aromatic heterocycles. The van der Waals surface area contributed by atoms with Gasteiger partial charge in [0.25, 0.3) is 0 Å². The zero-order valence-electron chi connectivity index (χ0n) is 6.42. The lowest BCUT2D eigenvalue weighted by Crippen LogP contribution is -2.04. The van der Waals surface area contributed by atoms with Crippen molar-refractivity contribution in [2.45, 2.75) is 6.42 Å². The third-order valence-electron chi connectivity index (χ3n) is 1.92. The summed E-state index contributed by atoms with van der Waals surface area (Å²) in [7, 11) is 0. The summed E-state index contributed by atoms with van der Waals surface area (Å²) in [5.74, 6) is 2.55. The highest BCUT2D eigenvalue weighted by atomic mass is 16.1. The Labute approximate surface area is 70.6 Å². The summed E-state index contributed by atoms with van der Waals surface area (Å²) in [6.45, 7) is 0. The quantitative estimate of drug-likeness (QED) is 0.562. The smallest absolute Gasteiger partial charge is 0.228 e. The second-order valence-electron chi connectivity index (χ2n) is 2.71. The number of amides is 1. The number of carbonyl (C=O) groups excluding carboxylic acids is 1. The molecule has 0 spiro atoms. The summed E-state index contributed by atoms with van der Waals surface area (Å²) in [4.78, 5) is 11.0. The van der Waals surface area contributed by atoms with E-state index in [4.69, 9.17) is 6.42 Å². The van der Waals surface area contributed by atoms with Gasteiger partial charge >= 0.3 is 0 Å². The van der Waals surface area contributed by atoms with Gasteiger partial charge in [-0.05, 0) is 11.6 Å². The van der Waals surface area contributed by atoms with Crippen LogP contribution >= 0.6 is 0 Å². The van der Waals surface area contributed by atoms with Gasteiger partial charge in [0.15, 0.2) is 0 Å². The molecule has 12 heavy (non-hydrogen) atoms. The molecule has 1 heterocycles. The highest BCUT2D eigenvalue weighted by Crippen LogP contribution is 2.25. The number of nitrogens with one attached hydrogen (secondary N) is 1. The molecule has 1 aromatic carbocycles. The van der Waals surface area contributed by atoms with Gasteiger partial charge in [0.05, 0.1) is 12.1 Å². The van der Waals surface area contributed by atoms with E-state index in [9.17, 15) is 4.79 Å². The summed E-state index contributed by atoms with van der Waals surface area (Å²) in [5, 5.41) is 2.74. The van der Waals surface area contributed by atoms with E-state index in [1.807, 2.05) is 18.2 Å². The van der Waals surface area contributed by atoms with Crippen LogP contribution < -0.4 is 5.32 Å². The Hall–Kier alpha value is -1.75. The van der Waals surface area contributed by atoms with Gasteiger partial charge in [0.2, 0.25) is 5.91 Å². The number of anilines is 1. The maximum atomic E-state index is 11.0. The van der Waals surface area contributed by atoms with Crippen LogP contribution in [0.25, 0.3) is 0 Å². The largest absolute Gasteiger partial charge is 0.324 e. The third kappa shape index (κ3) is 0.876. The van der Waals surface area contributed by atoms with Gasteiger partial charge in [-0.25, -0.2) is 0 Å². The van der Waals surface area contributed by atoms with E-state index in [0.29, 0.717) is 6.42 Å². The minimum atomic E-state index is 0.0210. The number of carbonyl (C=O) groups is 1. The van der Waals surface area contributed by atoms with Crippen molar-refractivity contribution in [3.8, 4) is 12.3 Å². The molecular formula is C10H7NO. The lowest BCUT2D eigenvalue weighted by molar-refractivity contribution is -0.115. The van der Waals surface area contributed by atoms with Gasteiger partial charge in [-0.2, -0.15) is 0 Å². The molecule has 2 rings (SSSR count). The zero-order chi connectivity index (χ0) is 8.55. The van der Waals surface area contributed by atoms with E-state index >= 15 is 0 Å². The van der Waals surface area contributed by atoms with E-state index in [2.05, 4.69) is 11.2 Å². The maximum absolute atomic E-state index is 11.0. The van der Waals surface area contributed by atoms with E-state index < -0.39 is 0 Å². The lowest BCUT2D eigenvalue weighted by atomic mass is 10.1. The van der Waals surface area contributed by atoms with Crippen LogP contribution in [0.5, 0.6) is 0 Å². The molecule has 58 valence electrons. The monoisotopic (exact) mass is 157 g/mol. The Morgan fingerprint density at radius 2 is 2.33 bits per heavy atom. The van der Waals surface area contributed by atoms with Gasteiger partial charge in [0, 0.05) is 5.56 Å². The van der Waals surface area contributed by atoms with Crippen molar-refractivity contribution in [2.24, 2.45) is 0 Å². The lowest BCUT2D eigenvalue weighted by Gasteiger charge is -1.99. The van der Waals surface area contributed by atoms with Crippen molar-refractivity contribution >= 4 is 11.6 Å². The van der Waals surface area contributed by atoms with Gasteiger partial charge < -0.3 is 5.32 Å². The zero-order valence-corrected chi connectivity index (χ0v) is 6.42. The molecule has 2 nitrogen and oxygen atoms in total. The van der Waals surface area contributed by atoms with Crippen LogP contribution in [0.1, 0.15) is 11.1 Å². The number of benzene rings is 1. The van der Waals surface area contributed by atoms with E-state index in [0.717, 1.165) is 16.8 Å². The van der Waals surface area contributed by atoms with Gasteiger partial charge in [-0.1, -0.05) is 18.1 Å². The van der Waals surface area contributed by atoms with Crippen LogP contribution in [0.15, 0.2) is 18.2 Å². The highest BCUT2D eigenvalue weighted by molar-refractivity contribution is 6.00. The Bertz CT molecular complexity index is 387. The molecule has 1 aliphatic heterocycles. The minimum absolute atomic E-state index is 0.0210. The Morgan fingerprint density at radius 1 is 1.50 bits per heavy atom. The number of hydrogen-bond donors (Lipinski definition) is 1. The number of fused-ring (bicyclic) bond motifs is 1. The topological polar surface area (TPSA) is 29.1 Å². The molecule has 2 heteroatoms. The molecule has 1 aliphatic rings. The molecule has 0 bridgehead atoms. The first-order valence-electron chi connectivity index (χ1n) is 3.69. The van der Waals surface area contributed by atoms with Crippen molar-refractivity contribution < 1.29 is 4.79 Å². The first-order chi connectivity index (χ1) is 5.81. The molecule has 0 aliphatic carbocycles. The van der Waals surface area contributed by atoms with E-state index in [-0.39, 0.29) is 5.91 Å². The summed E-state index contributed by atoms with van der Waals surface area (Å²) >= 11 is 0. The minimum Gasteiger partial charge on any atom is -0.324 e. The molecular weight excluding hydrogens is 150 g/mol. The molecule has 0 fully saturated rings. The Kier molecular flexibility index (Phi) is 1.38. The van der Waals surface area contributed by atoms with Crippen molar-refractivity contribution in [3.05, 3.63) is 29.3 Å². The van der Waals surface area contributed by atoms with Crippen LogP contribution in [0.4, 0.5) is 5.69 Å². The van der Waals surface area contributed by atoms with Crippen LogP contribution in [0.2, 0.25) is 0 Å². The average Bonchev–Trinajstić information content (AvgIpc) is 2.44. The standard InChI is InChI=1S/C10H7NO/c1-2-7-4-3-5-8-6-9(12)11-10(7)8/h1,3-5H,6H2,(H,11,12). The average molecular weight is 157 g/mol. The first kappa shape index (κ1) is 6.93. The molecule has 1 N–H and O–H groups in total. The predicted octanol–water partition coefficient (Wildman–Crippen LogP) is 1.16. The number of hydrogen-bond acceptors (Lipinski definition) is 1. The molecule has 0 saturated carbocycles. The number of para-hydroxylation sites is 1. The van der Waals surface area contributed by atoms with Gasteiger partial charge in [0.1, 0.15) is 0 Å². The van der Waals surface area contributed by atoms with Crippen molar-refractivity contribution in [3.63, 3.8) is 0 Å². The van der Waals surface area contributed by atoms with Crippen molar-refractivity contribution in [1.29, 1.82) is 0 Å². The van der Waals surface area contributed by atoms with Crippen molar-refractivity contribution in [2.75, 3.05) is 5.32 Å². The van der Waals surface area contributed by atoms with Crippen LogP contribution in [0, 0.1) is 12.3 Å². The second kappa shape index (κ2) is 2.38. The predicted molar refractivity (Wildman–Crippen MR) is 46.7 cm³/mol. The maximum Gasteiger partial charge on any atom is 0.228 e. The van der Waals surface area contributed by atoms with Crippen LogP contribution in [-0.2, 0) is 11.2 Å². The summed E-state index contributed by atoms with van der Waals surface area (Å²) in [5.41, 5.74) is 2.57. The molecule has 0 atom stereocenters. The first-order valence-corrected chi connectivity index (χ1v) is 3.69. The number of terminal acetylenes is 1. The fraction of sp³-hybridized carbons (Fsp3) is 0.100. The van der Waals surface area contributed by atoms with Crippen molar-refractivity contribution in [1.82, 2.24) is 0 Å². The second-order valence-corrected chi connectivity index (χ2v) is 2.71. The van der Waals surface area contributed by atoms with E-state index in [1.54, 1.807) is 0 Å². The molecule has 1 amide bonds. The fourth-order valence-corrected chi connectivity index (χ4v) is 1.37. The summed E-state index contributed by atoms with van der Waals surface area (Å²) in [6.07, 6.45) is 5.72. The number of rotatable bonds is 0. The molecule has 0 radical (unpaired) electrons. The fourth-order valence-electron chi connectivity index (χ4n) is 1.37. The summed E-state index contributed by atoms with van der Waals surface area (Å²) < 4.78 is 0.